The second kappa shape index (κ2) is 17.3. The molecule has 0 aliphatic rings. The van der Waals surface area contributed by atoms with Gasteiger partial charge in [-0.25, -0.2) is 4.79 Å². The van der Waals surface area contributed by atoms with Gasteiger partial charge in [0, 0.05) is 36.7 Å². The molecule has 11 heteroatoms. The summed E-state index contributed by atoms with van der Waals surface area (Å²) in [7, 11) is 0. The van der Waals surface area contributed by atoms with Crippen molar-refractivity contribution in [2.75, 3.05) is 26.2 Å². The third kappa shape index (κ3) is 9.96. The van der Waals surface area contributed by atoms with E-state index in [4.69, 9.17) is 4.74 Å². The van der Waals surface area contributed by atoms with E-state index in [9.17, 15) is 29.7 Å². The van der Waals surface area contributed by atoms with Crippen molar-refractivity contribution in [1.29, 1.82) is 0 Å². The highest BCUT2D eigenvalue weighted by atomic mass is 16.5. The Bertz CT molecular complexity index is 1980. The lowest BCUT2D eigenvalue weighted by molar-refractivity contribution is 0.0733. The van der Waals surface area contributed by atoms with Crippen LogP contribution < -0.4 is 20.9 Å². The topological polar surface area (TPSA) is 164 Å². The number of aromatic nitrogens is 1. The molecule has 2 amide bonds. The third-order valence-corrected chi connectivity index (χ3v) is 8.46. The van der Waals surface area contributed by atoms with Gasteiger partial charge in [-0.2, -0.15) is 0 Å². The number of amides is 2. The van der Waals surface area contributed by atoms with E-state index in [2.05, 4.69) is 29.5 Å². The molecule has 0 bridgehead atoms. The molecule has 51 heavy (non-hydrogen) atoms. The quantitative estimate of drug-likeness (QED) is 0.0688. The first kappa shape index (κ1) is 36.6. The van der Waals surface area contributed by atoms with E-state index in [1.54, 1.807) is 24.3 Å². The number of nitrogens with zero attached hydrogens (tertiary/aromatic N) is 1. The molecular formula is C40H44N4O7. The summed E-state index contributed by atoms with van der Waals surface area (Å²) >= 11 is 0. The van der Waals surface area contributed by atoms with Gasteiger partial charge in [0.15, 0.2) is 0 Å². The van der Waals surface area contributed by atoms with Crippen LogP contribution in [0.1, 0.15) is 65.0 Å². The second-order valence-corrected chi connectivity index (χ2v) is 12.9. The molecule has 1 unspecified atom stereocenters. The molecule has 0 aliphatic carbocycles. The molecule has 6 N–H and O–H groups in total. The SMILES string of the molecule is CC(C)CN(CCCNC[C@@H](O)c1ccc(O)c2[nH]c(=O)ccc12)C(=O)c1ccc(COc2cccc(C(NC(=O)O)c3ccccc3)c2)cc1. The summed E-state index contributed by atoms with van der Waals surface area (Å²) in [4.78, 5) is 41.2. The van der Waals surface area contributed by atoms with Gasteiger partial charge in [0.05, 0.1) is 17.7 Å². The van der Waals surface area contributed by atoms with E-state index in [-0.39, 0.29) is 41.8 Å². The van der Waals surface area contributed by atoms with Crippen LogP contribution in [0.25, 0.3) is 10.9 Å². The number of hydrogen-bond donors (Lipinski definition) is 6. The number of pyridine rings is 1. The fourth-order valence-corrected chi connectivity index (χ4v) is 6.01. The minimum atomic E-state index is -1.12. The van der Waals surface area contributed by atoms with Crippen LogP contribution in [-0.2, 0) is 6.61 Å². The van der Waals surface area contributed by atoms with E-state index in [1.807, 2.05) is 71.6 Å². The van der Waals surface area contributed by atoms with E-state index >= 15 is 0 Å². The lowest BCUT2D eigenvalue weighted by atomic mass is 9.98. The van der Waals surface area contributed by atoms with Gasteiger partial charge < -0.3 is 40.6 Å². The molecule has 0 aliphatic heterocycles. The maximum absolute atomic E-state index is 13.5. The monoisotopic (exact) mass is 692 g/mol. The molecular weight excluding hydrogens is 648 g/mol. The summed E-state index contributed by atoms with van der Waals surface area (Å²) in [5.74, 6) is 0.745. The van der Waals surface area contributed by atoms with E-state index in [0.29, 0.717) is 48.3 Å². The summed E-state index contributed by atoms with van der Waals surface area (Å²) in [5, 5.41) is 36.8. The number of aliphatic hydroxyl groups excluding tert-OH is 1. The van der Waals surface area contributed by atoms with Crippen LogP contribution in [-0.4, -0.2) is 63.4 Å². The standard InChI is InChI=1S/C40H44N4O7/c1-26(2)24-44(21-7-20-41-23-35(46)32-16-18-34(45)38-33(32)17-19-36(47)42-38)39(48)29-14-12-27(13-15-29)25-51-31-11-6-10-30(22-31)37(43-40(49)50)28-8-4-3-5-9-28/h3-6,8-19,22,26,35,37,41,43,45-46H,7,20-21,23-25H2,1-2H3,(H,42,47)(H,49,50)/t35-,37?/m1/s1. The van der Waals surface area contributed by atoms with Crippen LogP contribution in [0.5, 0.6) is 11.5 Å². The van der Waals surface area contributed by atoms with Gasteiger partial charge >= 0.3 is 6.09 Å². The zero-order chi connectivity index (χ0) is 36.3. The molecule has 0 radical (unpaired) electrons. The number of hydrogen-bond acceptors (Lipinski definition) is 7. The Balaban J connectivity index is 1.14. The Labute approximate surface area is 296 Å². The summed E-state index contributed by atoms with van der Waals surface area (Å²) in [6.45, 7) is 6.37. The molecule has 2 atom stereocenters. The Morgan fingerprint density at radius 1 is 0.902 bits per heavy atom. The number of phenols is 1. The minimum Gasteiger partial charge on any atom is -0.506 e. The number of H-pyrrole nitrogens is 1. The first-order valence-electron chi connectivity index (χ1n) is 17.0. The normalized spacial score (nSPS) is 12.4. The molecule has 5 aromatic rings. The molecule has 5 rings (SSSR count). The molecule has 11 nitrogen and oxygen atoms in total. The van der Waals surface area contributed by atoms with Crippen molar-refractivity contribution in [3.8, 4) is 11.5 Å². The maximum Gasteiger partial charge on any atom is 0.405 e. The number of phenolic OH excluding ortho intramolecular Hbond substituents is 1. The Morgan fingerprint density at radius 3 is 2.37 bits per heavy atom. The fraction of sp³-hybridized carbons (Fsp3) is 0.275. The average Bonchev–Trinajstić information content (AvgIpc) is 3.13. The largest absolute Gasteiger partial charge is 0.506 e. The third-order valence-electron chi connectivity index (χ3n) is 8.46. The fourth-order valence-electron chi connectivity index (χ4n) is 6.01. The molecule has 1 heterocycles. The van der Waals surface area contributed by atoms with Crippen LogP contribution >= 0.6 is 0 Å². The number of aromatic hydroxyl groups is 1. The van der Waals surface area contributed by atoms with Crippen LogP contribution in [0.15, 0.2) is 108 Å². The second-order valence-electron chi connectivity index (χ2n) is 12.9. The van der Waals surface area contributed by atoms with Gasteiger partial charge in [-0.05, 0) is 77.5 Å². The van der Waals surface area contributed by atoms with E-state index in [1.165, 1.54) is 12.1 Å². The Kier molecular flexibility index (Phi) is 12.4. The predicted molar refractivity (Wildman–Crippen MR) is 196 cm³/mol. The highest BCUT2D eigenvalue weighted by molar-refractivity contribution is 5.94. The molecule has 0 saturated heterocycles. The Morgan fingerprint density at radius 2 is 1.65 bits per heavy atom. The molecule has 1 aromatic heterocycles. The zero-order valence-corrected chi connectivity index (χ0v) is 28.7. The lowest BCUT2D eigenvalue weighted by Crippen LogP contribution is -2.36. The molecule has 0 saturated carbocycles. The number of rotatable bonds is 16. The highest BCUT2D eigenvalue weighted by Crippen LogP contribution is 2.29. The number of nitrogens with one attached hydrogen (secondary N) is 3. The van der Waals surface area contributed by atoms with Crippen LogP contribution in [0.4, 0.5) is 4.79 Å². The van der Waals surface area contributed by atoms with Crippen molar-refractivity contribution in [3.63, 3.8) is 0 Å². The maximum atomic E-state index is 13.5. The van der Waals surface area contributed by atoms with Crippen molar-refractivity contribution in [3.05, 3.63) is 141 Å². The highest BCUT2D eigenvalue weighted by Gasteiger charge is 2.19. The number of benzene rings is 4. The van der Waals surface area contributed by atoms with E-state index < -0.39 is 18.2 Å². The lowest BCUT2D eigenvalue weighted by Gasteiger charge is -2.25. The predicted octanol–water partition coefficient (Wildman–Crippen LogP) is 5.98. The minimum absolute atomic E-state index is 0.0584. The number of aromatic amines is 1. The van der Waals surface area contributed by atoms with Gasteiger partial charge in [0.25, 0.3) is 5.91 Å². The smallest absolute Gasteiger partial charge is 0.405 e. The average molecular weight is 693 g/mol. The van der Waals surface area contributed by atoms with Crippen molar-refractivity contribution in [1.82, 2.24) is 20.5 Å². The summed E-state index contributed by atoms with van der Waals surface area (Å²) in [6.07, 6.45) is -1.31. The number of aliphatic hydroxyl groups is 1. The number of carboxylic acid groups (broad SMARTS) is 1. The van der Waals surface area contributed by atoms with Crippen LogP contribution in [0.2, 0.25) is 0 Å². The van der Waals surface area contributed by atoms with Crippen LogP contribution in [0, 0.1) is 5.92 Å². The summed E-state index contributed by atoms with van der Waals surface area (Å²) < 4.78 is 6.06. The van der Waals surface area contributed by atoms with Gasteiger partial charge in [0.1, 0.15) is 18.1 Å². The Hall–Kier alpha value is -5.65. The van der Waals surface area contributed by atoms with Gasteiger partial charge in [-0.3, -0.25) is 9.59 Å². The molecule has 0 spiro atoms. The van der Waals surface area contributed by atoms with Crippen molar-refractivity contribution in [2.24, 2.45) is 5.92 Å². The van der Waals surface area contributed by atoms with Crippen molar-refractivity contribution >= 4 is 22.9 Å². The van der Waals surface area contributed by atoms with Crippen LogP contribution in [0.3, 0.4) is 0 Å². The summed E-state index contributed by atoms with van der Waals surface area (Å²) in [6, 6.07) is 29.5. The number of carbonyl (C=O) groups is 2. The first-order valence-corrected chi connectivity index (χ1v) is 17.0. The molecule has 4 aromatic carbocycles. The molecule has 0 fully saturated rings. The van der Waals surface area contributed by atoms with Gasteiger partial charge in [-0.15, -0.1) is 0 Å². The van der Waals surface area contributed by atoms with Gasteiger partial charge in [0.2, 0.25) is 5.56 Å². The van der Waals surface area contributed by atoms with Crippen molar-refractivity contribution < 1.29 is 29.6 Å². The van der Waals surface area contributed by atoms with Crippen molar-refractivity contribution in [2.45, 2.75) is 39.0 Å². The number of ether oxygens (including phenoxy) is 1. The van der Waals surface area contributed by atoms with E-state index in [0.717, 1.165) is 16.7 Å². The molecule has 266 valence electrons. The number of fused-ring (bicyclic) bond motifs is 1. The zero-order valence-electron chi connectivity index (χ0n) is 28.7. The number of carbonyl (C=O) groups excluding carboxylic acids is 1. The first-order chi connectivity index (χ1) is 24.6. The van der Waals surface area contributed by atoms with Gasteiger partial charge in [-0.1, -0.05) is 74.5 Å². The summed E-state index contributed by atoms with van der Waals surface area (Å²) in [5.41, 5.74) is 3.57.